The van der Waals surface area contributed by atoms with Crippen molar-refractivity contribution in [1.82, 2.24) is 14.3 Å². The Bertz CT molecular complexity index is 706. The number of fused-ring (bicyclic) bond motifs is 1. The standard InChI is InChI=1S/C15H18BrN3O2/c1-10-6-18(7-11(2)21-10)9-13-5-15(20)19-8-12(16)3-4-14(19)17-13/h3-5,8,10-11H,6-7,9H2,1-2H3/t10-,11-/m0/s1. The van der Waals surface area contributed by atoms with Crippen molar-refractivity contribution < 1.29 is 4.74 Å². The van der Waals surface area contributed by atoms with Gasteiger partial charge in [0.2, 0.25) is 0 Å². The largest absolute Gasteiger partial charge is 0.373 e. The monoisotopic (exact) mass is 351 g/mol. The molecular formula is C15H18BrN3O2. The van der Waals surface area contributed by atoms with Crippen LogP contribution < -0.4 is 5.56 Å². The number of rotatable bonds is 2. The van der Waals surface area contributed by atoms with Crippen LogP contribution in [-0.2, 0) is 11.3 Å². The molecule has 0 amide bonds. The first kappa shape index (κ1) is 14.7. The van der Waals surface area contributed by atoms with Crippen molar-refractivity contribution in [3.8, 4) is 0 Å². The second-order valence-electron chi connectivity index (χ2n) is 5.61. The van der Waals surface area contributed by atoms with E-state index in [1.807, 2.05) is 12.1 Å². The molecule has 1 fully saturated rings. The molecule has 6 heteroatoms. The molecule has 0 aliphatic carbocycles. The SMILES string of the molecule is C[C@H]1CN(Cc2cc(=O)n3cc(Br)ccc3n2)C[C@H](C)O1. The van der Waals surface area contributed by atoms with Crippen LogP contribution >= 0.6 is 15.9 Å². The third-order valence-corrected chi connectivity index (χ3v) is 4.03. The zero-order valence-electron chi connectivity index (χ0n) is 12.1. The van der Waals surface area contributed by atoms with E-state index >= 15 is 0 Å². The van der Waals surface area contributed by atoms with E-state index in [4.69, 9.17) is 4.74 Å². The summed E-state index contributed by atoms with van der Waals surface area (Å²) in [6.07, 6.45) is 2.17. The van der Waals surface area contributed by atoms with Gasteiger partial charge in [-0.2, -0.15) is 0 Å². The summed E-state index contributed by atoms with van der Waals surface area (Å²) in [4.78, 5) is 19.0. The van der Waals surface area contributed by atoms with Gasteiger partial charge in [-0.15, -0.1) is 0 Å². The molecule has 3 heterocycles. The van der Waals surface area contributed by atoms with Gasteiger partial charge in [-0.1, -0.05) is 0 Å². The van der Waals surface area contributed by atoms with E-state index in [0.29, 0.717) is 12.2 Å². The summed E-state index contributed by atoms with van der Waals surface area (Å²) in [6, 6.07) is 5.36. The van der Waals surface area contributed by atoms with Gasteiger partial charge in [-0.05, 0) is 41.9 Å². The van der Waals surface area contributed by atoms with E-state index in [-0.39, 0.29) is 17.8 Å². The number of hydrogen-bond donors (Lipinski definition) is 0. The Morgan fingerprint density at radius 1 is 1.33 bits per heavy atom. The molecule has 0 aromatic carbocycles. The third kappa shape index (κ3) is 3.33. The topological polar surface area (TPSA) is 46.8 Å². The van der Waals surface area contributed by atoms with Crippen molar-refractivity contribution in [1.29, 1.82) is 0 Å². The Labute approximate surface area is 131 Å². The molecule has 0 bridgehead atoms. The van der Waals surface area contributed by atoms with Crippen LogP contribution in [0.4, 0.5) is 0 Å². The van der Waals surface area contributed by atoms with Crippen LogP contribution in [-0.4, -0.2) is 39.6 Å². The Kier molecular flexibility index (Phi) is 4.10. The van der Waals surface area contributed by atoms with E-state index in [0.717, 1.165) is 23.3 Å². The number of pyridine rings is 1. The first-order chi connectivity index (χ1) is 10.0. The van der Waals surface area contributed by atoms with Gasteiger partial charge in [-0.25, -0.2) is 4.98 Å². The van der Waals surface area contributed by atoms with Crippen LogP contribution in [0.5, 0.6) is 0 Å². The minimum atomic E-state index is -0.0503. The van der Waals surface area contributed by atoms with Crippen LogP contribution in [0.1, 0.15) is 19.5 Å². The van der Waals surface area contributed by atoms with Crippen LogP contribution in [0.2, 0.25) is 0 Å². The maximum absolute atomic E-state index is 12.2. The number of aromatic nitrogens is 2. The normalized spacial score (nSPS) is 23.6. The Balaban J connectivity index is 1.87. The molecule has 0 unspecified atom stereocenters. The molecule has 2 aromatic rings. The van der Waals surface area contributed by atoms with Crippen molar-refractivity contribution in [3.63, 3.8) is 0 Å². The van der Waals surface area contributed by atoms with Gasteiger partial charge in [0.15, 0.2) is 0 Å². The number of halogens is 1. The van der Waals surface area contributed by atoms with E-state index in [9.17, 15) is 4.79 Å². The minimum Gasteiger partial charge on any atom is -0.373 e. The van der Waals surface area contributed by atoms with Crippen LogP contribution in [0.15, 0.2) is 33.7 Å². The van der Waals surface area contributed by atoms with Crippen molar-refractivity contribution in [2.24, 2.45) is 0 Å². The van der Waals surface area contributed by atoms with Crippen LogP contribution in [0.25, 0.3) is 5.65 Å². The lowest BCUT2D eigenvalue weighted by Gasteiger charge is -2.35. The highest BCUT2D eigenvalue weighted by Gasteiger charge is 2.22. The highest BCUT2D eigenvalue weighted by Crippen LogP contribution is 2.14. The molecule has 0 saturated carbocycles. The molecule has 5 nitrogen and oxygen atoms in total. The number of ether oxygens (including phenoxy) is 1. The zero-order valence-corrected chi connectivity index (χ0v) is 13.7. The molecule has 3 rings (SSSR count). The van der Waals surface area contributed by atoms with Gasteiger partial charge in [0.1, 0.15) is 5.65 Å². The summed E-state index contributed by atoms with van der Waals surface area (Å²) in [6.45, 7) is 6.56. The number of hydrogen-bond acceptors (Lipinski definition) is 4. The smallest absolute Gasteiger partial charge is 0.258 e. The summed E-state index contributed by atoms with van der Waals surface area (Å²) in [5.41, 5.74) is 1.43. The molecule has 0 N–H and O–H groups in total. The maximum atomic E-state index is 12.2. The Hall–Kier alpha value is -1.24. The average molecular weight is 352 g/mol. The number of nitrogens with zero attached hydrogens (tertiary/aromatic N) is 3. The summed E-state index contributed by atoms with van der Waals surface area (Å²) in [5, 5.41) is 0. The average Bonchev–Trinajstić information content (AvgIpc) is 2.38. The quantitative estimate of drug-likeness (QED) is 0.830. The molecule has 1 aliphatic heterocycles. The lowest BCUT2D eigenvalue weighted by atomic mass is 10.2. The molecule has 21 heavy (non-hydrogen) atoms. The Morgan fingerprint density at radius 3 is 2.76 bits per heavy atom. The molecule has 1 aliphatic rings. The van der Waals surface area contributed by atoms with Crippen molar-refractivity contribution in [2.75, 3.05) is 13.1 Å². The zero-order chi connectivity index (χ0) is 15.0. The van der Waals surface area contributed by atoms with Gasteiger partial charge in [0, 0.05) is 36.4 Å². The highest BCUT2D eigenvalue weighted by molar-refractivity contribution is 9.10. The van der Waals surface area contributed by atoms with Gasteiger partial charge in [0.25, 0.3) is 5.56 Å². The van der Waals surface area contributed by atoms with E-state index < -0.39 is 0 Å². The van der Waals surface area contributed by atoms with E-state index in [2.05, 4.69) is 39.7 Å². The summed E-state index contributed by atoms with van der Waals surface area (Å²) < 4.78 is 8.15. The second kappa shape index (κ2) is 5.87. The maximum Gasteiger partial charge on any atom is 0.258 e. The first-order valence-electron chi connectivity index (χ1n) is 7.07. The summed E-state index contributed by atoms with van der Waals surface area (Å²) in [7, 11) is 0. The fraction of sp³-hybridized carbons (Fsp3) is 0.467. The molecule has 0 spiro atoms. The molecule has 112 valence electrons. The van der Waals surface area contributed by atoms with Crippen molar-refractivity contribution in [3.05, 3.63) is 44.9 Å². The minimum absolute atomic E-state index is 0.0503. The molecular weight excluding hydrogens is 334 g/mol. The lowest BCUT2D eigenvalue weighted by molar-refractivity contribution is -0.0707. The van der Waals surface area contributed by atoms with E-state index in [1.54, 1.807) is 16.7 Å². The highest BCUT2D eigenvalue weighted by atomic mass is 79.9. The molecule has 2 atom stereocenters. The molecule has 2 aromatic heterocycles. The fourth-order valence-corrected chi connectivity index (χ4v) is 3.19. The fourth-order valence-electron chi connectivity index (χ4n) is 2.85. The van der Waals surface area contributed by atoms with E-state index in [1.165, 1.54) is 0 Å². The number of morpholine rings is 1. The van der Waals surface area contributed by atoms with Crippen LogP contribution in [0.3, 0.4) is 0 Å². The predicted octanol–water partition coefficient (Wildman–Crippen LogP) is 2.07. The second-order valence-corrected chi connectivity index (χ2v) is 6.53. The lowest BCUT2D eigenvalue weighted by Crippen LogP contribution is -2.45. The van der Waals surface area contributed by atoms with Gasteiger partial charge in [-0.3, -0.25) is 14.1 Å². The third-order valence-electron chi connectivity index (χ3n) is 3.56. The summed E-state index contributed by atoms with van der Waals surface area (Å²) in [5.74, 6) is 0. The van der Waals surface area contributed by atoms with Crippen molar-refractivity contribution >= 4 is 21.6 Å². The molecule has 1 saturated heterocycles. The first-order valence-corrected chi connectivity index (χ1v) is 7.86. The van der Waals surface area contributed by atoms with Crippen LogP contribution in [0, 0.1) is 0 Å². The predicted molar refractivity (Wildman–Crippen MR) is 84.4 cm³/mol. The molecule has 0 radical (unpaired) electrons. The van der Waals surface area contributed by atoms with Gasteiger partial charge < -0.3 is 4.74 Å². The van der Waals surface area contributed by atoms with Crippen molar-refractivity contribution in [2.45, 2.75) is 32.6 Å². The summed E-state index contributed by atoms with van der Waals surface area (Å²) >= 11 is 3.37. The van der Waals surface area contributed by atoms with Gasteiger partial charge in [0.05, 0.1) is 17.9 Å². The van der Waals surface area contributed by atoms with Gasteiger partial charge >= 0.3 is 0 Å². The Morgan fingerprint density at radius 2 is 2.05 bits per heavy atom.